The average Bonchev–Trinajstić information content (AvgIpc) is 2.26. The second-order valence-corrected chi connectivity index (χ2v) is 3.82. The van der Waals surface area contributed by atoms with Crippen LogP contribution in [0.25, 0.3) is 0 Å². The number of anilines is 1. The van der Waals surface area contributed by atoms with Crippen molar-refractivity contribution in [2.24, 2.45) is 0 Å². The second-order valence-electron chi connectivity index (χ2n) is 3.82. The molecule has 0 radical (unpaired) electrons. The Hall–Kier alpha value is -1.75. The maximum Gasteiger partial charge on any atom is 0.224 e. The number of methoxy groups -OCH3 is 1. The zero-order valence-corrected chi connectivity index (χ0v) is 9.93. The van der Waals surface area contributed by atoms with Gasteiger partial charge < -0.3 is 20.3 Å². The Labute approximate surface area is 100 Å². The molecule has 5 nitrogen and oxygen atoms in total. The molecule has 1 unspecified atom stereocenters. The van der Waals surface area contributed by atoms with Crippen LogP contribution in [0.4, 0.5) is 5.69 Å². The highest BCUT2D eigenvalue weighted by Crippen LogP contribution is 2.28. The van der Waals surface area contributed by atoms with Crippen molar-refractivity contribution < 1.29 is 19.7 Å². The molecule has 1 aromatic carbocycles. The van der Waals surface area contributed by atoms with E-state index in [0.717, 1.165) is 0 Å². The van der Waals surface area contributed by atoms with Gasteiger partial charge in [-0.1, -0.05) is 0 Å². The lowest BCUT2D eigenvalue weighted by atomic mass is 10.2. The van der Waals surface area contributed by atoms with E-state index in [1.807, 2.05) is 0 Å². The minimum absolute atomic E-state index is 0.0270. The van der Waals surface area contributed by atoms with Gasteiger partial charge in [0.25, 0.3) is 0 Å². The van der Waals surface area contributed by atoms with E-state index in [-0.39, 0.29) is 18.1 Å². The number of amides is 1. The van der Waals surface area contributed by atoms with Crippen LogP contribution >= 0.6 is 0 Å². The van der Waals surface area contributed by atoms with E-state index in [1.165, 1.54) is 13.2 Å². The molecule has 0 aliphatic rings. The molecule has 1 aromatic rings. The Bertz CT molecular complexity index is 390. The highest BCUT2D eigenvalue weighted by Gasteiger charge is 2.07. The average molecular weight is 239 g/mol. The summed E-state index contributed by atoms with van der Waals surface area (Å²) in [6, 6.07) is 4.62. The molecule has 0 saturated carbocycles. The molecule has 3 N–H and O–H groups in total. The first-order chi connectivity index (χ1) is 8.02. The van der Waals surface area contributed by atoms with Crippen molar-refractivity contribution in [3.8, 4) is 11.5 Å². The Morgan fingerprint density at radius 3 is 2.76 bits per heavy atom. The number of phenolic OH excluding ortho intramolecular Hbond substituents is 1. The van der Waals surface area contributed by atoms with E-state index < -0.39 is 6.10 Å². The Morgan fingerprint density at radius 1 is 1.53 bits per heavy atom. The summed E-state index contributed by atoms with van der Waals surface area (Å²) >= 11 is 0. The standard InChI is InChI=1S/C12H17NO4/c1-8(14)3-6-12(16)13-9-4-5-11(17-2)10(15)7-9/h4-5,7-8,14-15H,3,6H2,1-2H3,(H,13,16). The number of hydrogen-bond acceptors (Lipinski definition) is 4. The molecular weight excluding hydrogens is 222 g/mol. The third-order valence-corrected chi connectivity index (χ3v) is 2.25. The summed E-state index contributed by atoms with van der Waals surface area (Å²) in [6.45, 7) is 1.63. The topological polar surface area (TPSA) is 78.8 Å². The normalized spacial score (nSPS) is 11.9. The number of ether oxygens (including phenoxy) is 1. The number of carbonyl (C=O) groups is 1. The Balaban J connectivity index is 2.57. The summed E-state index contributed by atoms with van der Waals surface area (Å²) in [5, 5.41) is 21.2. The summed E-state index contributed by atoms with van der Waals surface area (Å²) in [6.07, 6.45) is 0.156. The monoisotopic (exact) mass is 239 g/mol. The zero-order valence-electron chi connectivity index (χ0n) is 9.93. The highest BCUT2D eigenvalue weighted by atomic mass is 16.5. The molecule has 0 saturated heterocycles. The van der Waals surface area contributed by atoms with Crippen molar-refractivity contribution in [3.05, 3.63) is 18.2 Å². The van der Waals surface area contributed by atoms with Crippen LogP contribution in [0.1, 0.15) is 19.8 Å². The van der Waals surface area contributed by atoms with E-state index >= 15 is 0 Å². The minimum Gasteiger partial charge on any atom is -0.504 e. The van der Waals surface area contributed by atoms with Crippen LogP contribution in [-0.2, 0) is 4.79 Å². The quantitative estimate of drug-likeness (QED) is 0.727. The molecule has 0 spiro atoms. The van der Waals surface area contributed by atoms with Crippen LogP contribution in [0.3, 0.4) is 0 Å². The first-order valence-electron chi connectivity index (χ1n) is 5.38. The van der Waals surface area contributed by atoms with Crippen molar-refractivity contribution >= 4 is 11.6 Å². The van der Waals surface area contributed by atoms with Crippen molar-refractivity contribution in [1.29, 1.82) is 0 Å². The van der Waals surface area contributed by atoms with Crippen molar-refractivity contribution in [1.82, 2.24) is 0 Å². The van der Waals surface area contributed by atoms with E-state index in [0.29, 0.717) is 17.9 Å². The number of aromatic hydroxyl groups is 1. The molecule has 0 aromatic heterocycles. The number of rotatable bonds is 5. The number of aliphatic hydroxyl groups excluding tert-OH is 1. The molecular formula is C12H17NO4. The molecule has 1 rings (SSSR count). The van der Waals surface area contributed by atoms with Crippen molar-refractivity contribution in [2.75, 3.05) is 12.4 Å². The van der Waals surface area contributed by atoms with Gasteiger partial charge in [0.05, 0.1) is 13.2 Å². The van der Waals surface area contributed by atoms with Gasteiger partial charge in [0.1, 0.15) is 0 Å². The second kappa shape index (κ2) is 6.10. The lowest BCUT2D eigenvalue weighted by Gasteiger charge is -2.08. The highest BCUT2D eigenvalue weighted by molar-refractivity contribution is 5.91. The predicted molar refractivity (Wildman–Crippen MR) is 64.2 cm³/mol. The molecule has 0 bridgehead atoms. The number of aliphatic hydroxyl groups is 1. The zero-order chi connectivity index (χ0) is 12.8. The van der Waals surface area contributed by atoms with Gasteiger partial charge >= 0.3 is 0 Å². The SMILES string of the molecule is COc1ccc(NC(=O)CCC(C)O)cc1O. The summed E-state index contributed by atoms with van der Waals surface area (Å²) in [4.78, 5) is 11.4. The number of hydrogen-bond donors (Lipinski definition) is 3. The first kappa shape index (κ1) is 13.3. The molecule has 17 heavy (non-hydrogen) atoms. The maximum atomic E-state index is 11.4. The van der Waals surface area contributed by atoms with Gasteiger partial charge in [-0.15, -0.1) is 0 Å². The fraction of sp³-hybridized carbons (Fsp3) is 0.417. The largest absolute Gasteiger partial charge is 0.504 e. The van der Waals surface area contributed by atoms with Gasteiger partial charge in [-0.25, -0.2) is 0 Å². The van der Waals surface area contributed by atoms with Gasteiger partial charge in [-0.05, 0) is 25.5 Å². The number of benzene rings is 1. The van der Waals surface area contributed by atoms with Crippen LogP contribution < -0.4 is 10.1 Å². The minimum atomic E-state index is -0.495. The van der Waals surface area contributed by atoms with E-state index in [1.54, 1.807) is 19.1 Å². The maximum absolute atomic E-state index is 11.4. The lowest BCUT2D eigenvalue weighted by Crippen LogP contribution is -2.13. The number of nitrogens with one attached hydrogen (secondary N) is 1. The van der Waals surface area contributed by atoms with Gasteiger partial charge in [0.15, 0.2) is 11.5 Å². The summed E-state index contributed by atoms with van der Waals surface area (Å²) in [5.41, 5.74) is 0.499. The van der Waals surface area contributed by atoms with Crippen LogP contribution in [0.5, 0.6) is 11.5 Å². The molecule has 0 aliphatic carbocycles. The molecule has 94 valence electrons. The van der Waals surface area contributed by atoms with Crippen LogP contribution in [0.2, 0.25) is 0 Å². The van der Waals surface area contributed by atoms with Gasteiger partial charge in [-0.2, -0.15) is 0 Å². The van der Waals surface area contributed by atoms with Crippen LogP contribution in [-0.4, -0.2) is 29.3 Å². The van der Waals surface area contributed by atoms with Crippen LogP contribution in [0, 0.1) is 0 Å². The summed E-state index contributed by atoms with van der Waals surface area (Å²) in [7, 11) is 1.45. The van der Waals surface area contributed by atoms with Crippen molar-refractivity contribution in [3.63, 3.8) is 0 Å². The number of phenols is 1. The van der Waals surface area contributed by atoms with E-state index in [9.17, 15) is 9.90 Å². The smallest absolute Gasteiger partial charge is 0.224 e. The molecule has 0 heterocycles. The Morgan fingerprint density at radius 2 is 2.24 bits per heavy atom. The van der Waals surface area contributed by atoms with Crippen LogP contribution in [0.15, 0.2) is 18.2 Å². The predicted octanol–water partition coefficient (Wildman–Crippen LogP) is 1.50. The van der Waals surface area contributed by atoms with Gasteiger partial charge in [0, 0.05) is 18.2 Å². The van der Waals surface area contributed by atoms with Gasteiger partial charge in [0.2, 0.25) is 5.91 Å². The third-order valence-electron chi connectivity index (χ3n) is 2.25. The Kier molecular flexibility index (Phi) is 4.78. The fourth-order valence-corrected chi connectivity index (χ4v) is 1.33. The van der Waals surface area contributed by atoms with E-state index in [2.05, 4.69) is 5.32 Å². The van der Waals surface area contributed by atoms with Crippen molar-refractivity contribution in [2.45, 2.75) is 25.9 Å². The molecule has 5 heteroatoms. The molecule has 0 aliphatic heterocycles. The summed E-state index contributed by atoms with van der Waals surface area (Å²) in [5.74, 6) is 0.128. The van der Waals surface area contributed by atoms with E-state index in [4.69, 9.17) is 9.84 Å². The molecule has 1 amide bonds. The third kappa shape index (κ3) is 4.32. The molecule has 0 fully saturated rings. The van der Waals surface area contributed by atoms with Gasteiger partial charge in [-0.3, -0.25) is 4.79 Å². The summed E-state index contributed by atoms with van der Waals surface area (Å²) < 4.78 is 4.89. The fourth-order valence-electron chi connectivity index (χ4n) is 1.33. The molecule has 1 atom stereocenters. The lowest BCUT2D eigenvalue weighted by molar-refractivity contribution is -0.116. The number of carbonyl (C=O) groups excluding carboxylic acids is 1. The first-order valence-corrected chi connectivity index (χ1v) is 5.38.